The third kappa shape index (κ3) is 5.50. The van der Waals surface area contributed by atoms with E-state index in [0.29, 0.717) is 29.4 Å². The molecule has 0 aliphatic carbocycles. The molecule has 2 amide bonds. The molecule has 0 radical (unpaired) electrons. The fraction of sp³-hybridized carbons (Fsp3) is 0.258. The predicted molar refractivity (Wildman–Crippen MR) is 150 cm³/mol. The lowest BCUT2D eigenvalue weighted by molar-refractivity contribution is -0.117. The molecule has 8 heteroatoms. The third-order valence-corrected chi connectivity index (χ3v) is 6.55. The minimum atomic E-state index is -0.309. The van der Waals surface area contributed by atoms with Crippen LogP contribution in [0.3, 0.4) is 0 Å². The number of nitrogens with zero attached hydrogens (tertiary/aromatic N) is 3. The second-order valence-electron chi connectivity index (χ2n) is 10.1. The molecule has 0 spiro atoms. The number of anilines is 1. The summed E-state index contributed by atoms with van der Waals surface area (Å²) >= 11 is 0. The Bertz CT molecular complexity index is 1510. The smallest absolute Gasteiger partial charge is 0.254 e. The van der Waals surface area contributed by atoms with Crippen molar-refractivity contribution in [2.24, 2.45) is 5.92 Å². The molecule has 0 saturated carbocycles. The van der Waals surface area contributed by atoms with E-state index in [9.17, 15) is 9.59 Å². The Labute approximate surface area is 228 Å². The molecule has 0 atom stereocenters. The molecule has 0 bridgehead atoms. The molecule has 4 aromatic rings. The molecule has 39 heavy (non-hydrogen) atoms. The van der Waals surface area contributed by atoms with E-state index in [1.165, 1.54) is 0 Å². The van der Waals surface area contributed by atoms with Crippen molar-refractivity contribution in [3.8, 4) is 28.3 Å². The first-order chi connectivity index (χ1) is 18.8. The van der Waals surface area contributed by atoms with Gasteiger partial charge in [-0.25, -0.2) is 4.68 Å². The monoisotopic (exact) mass is 524 g/mol. The number of rotatable bonds is 8. The van der Waals surface area contributed by atoms with Gasteiger partial charge >= 0.3 is 0 Å². The fourth-order valence-corrected chi connectivity index (χ4v) is 4.79. The zero-order valence-electron chi connectivity index (χ0n) is 22.6. The second-order valence-corrected chi connectivity index (χ2v) is 10.1. The molecule has 5 rings (SSSR count). The van der Waals surface area contributed by atoms with E-state index in [1.54, 1.807) is 27.8 Å². The Balaban J connectivity index is 1.47. The maximum absolute atomic E-state index is 13.6. The van der Waals surface area contributed by atoms with Crippen molar-refractivity contribution in [2.45, 2.75) is 27.7 Å². The minimum absolute atomic E-state index is 0.113. The Morgan fingerprint density at radius 2 is 1.69 bits per heavy atom. The summed E-state index contributed by atoms with van der Waals surface area (Å²) in [5.41, 5.74) is 4.90. The highest BCUT2D eigenvalue weighted by atomic mass is 16.7. The first-order valence-electron chi connectivity index (χ1n) is 13.0. The van der Waals surface area contributed by atoms with Crippen LogP contribution in [0.2, 0.25) is 0 Å². The predicted octanol–water partition coefficient (Wildman–Crippen LogP) is 5.62. The molecule has 1 N–H and O–H groups in total. The van der Waals surface area contributed by atoms with Crippen LogP contribution < -0.4 is 14.8 Å². The van der Waals surface area contributed by atoms with Crippen LogP contribution in [0, 0.1) is 19.8 Å². The third-order valence-electron chi connectivity index (χ3n) is 6.55. The van der Waals surface area contributed by atoms with Crippen LogP contribution in [0.1, 0.15) is 35.5 Å². The van der Waals surface area contributed by atoms with E-state index >= 15 is 0 Å². The van der Waals surface area contributed by atoms with E-state index in [2.05, 4.69) is 5.32 Å². The van der Waals surface area contributed by atoms with Crippen LogP contribution in [0.5, 0.6) is 11.5 Å². The Hall–Kier alpha value is -4.59. The van der Waals surface area contributed by atoms with Gasteiger partial charge in [0.05, 0.1) is 11.4 Å². The number of hydrogen-bond acceptors (Lipinski definition) is 5. The van der Waals surface area contributed by atoms with E-state index in [0.717, 1.165) is 28.1 Å². The van der Waals surface area contributed by atoms with E-state index < -0.39 is 0 Å². The first-order valence-corrected chi connectivity index (χ1v) is 13.0. The van der Waals surface area contributed by atoms with Crippen molar-refractivity contribution in [2.75, 3.05) is 25.2 Å². The van der Waals surface area contributed by atoms with Crippen LogP contribution >= 0.6 is 0 Å². The number of ether oxygens (including phenoxy) is 2. The summed E-state index contributed by atoms with van der Waals surface area (Å²) in [6.45, 7) is 8.41. The number of para-hydroxylation sites is 1. The molecule has 1 aliphatic rings. The lowest BCUT2D eigenvalue weighted by Crippen LogP contribution is -2.40. The molecule has 3 aromatic carbocycles. The van der Waals surface area contributed by atoms with Gasteiger partial charge in [-0.3, -0.25) is 9.59 Å². The zero-order valence-corrected chi connectivity index (χ0v) is 22.6. The molecule has 8 nitrogen and oxygen atoms in total. The van der Waals surface area contributed by atoms with Crippen LogP contribution in [0.4, 0.5) is 5.82 Å². The number of carbonyl (C=O) groups excluding carboxylic acids is 2. The quantitative estimate of drug-likeness (QED) is 0.323. The van der Waals surface area contributed by atoms with Gasteiger partial charge in [0, 0.05) is 17.7 Å². The Morgan fingerprint density at radius 3 is 2.44 bits per heavy atom. The normalized spacial score (nSPS) is 12.0. The average Bonchev–Trinajstić information content (AvgIpc) is 3.52. The van der Waals surface area contributed by atoms with Crippen molar-refractivity contribution in [1.82, 2.24) is 14.7 Å². The molecule has 0 unspecified atom stereocenters. The van der Waals surface area contributed by atoms with Gasteiger partial charge in [0.15, 0.2) is 11.5 Å². The van der Waals surface area contributed by atoms with E-state index in [4.69, 9.17) is 14.6 Å². The Kier molecular flexibility index (Phi) is 7.36. The van der Waals surface area contributed by atoms with Crippen molar-refractivity contribution in [3.05, 3.63) is 89.6 Å². The van der Waals surface area contributed by atoms with Crippen molar-refractivity contribution in [3.63, 3.8) is 0 Å². The number of hydrogen-bond donors (Lipinski definition) is 1. The molecule has 0 saturated heterocycles. The van der Waals surface area contributed by atoms with Crippen molar-refractivity contribution < 1.29 is 19.1 Å². The van der Waals surface area contributed by atoms with Crippen LogP contribution in [-0.4, -0.2) is 46.4 Å². The van der Waals surface area contributed by atoms with Gasteiger partial charge in [-0.2, -0.15) is 5.10 Å². The summed E-state index contributed by atoms with van der Waals surface area (Å²) in [5.74, 6) is 1.31. The number of aromatic nitrogens is 2. The highest BCUT2D eigenvalue weighted by molar-refractivity contribution is 6.01. The van der Waals surface area contributed by atoms with Crippen LogP contribution in [0.15, 0.2) is 72.8 Å². The van der Waals surface area contributed by atoms with Crippen molar-refractivity contribution in [1.29, 1.82) is 0 Å². The number of benzene rings is 3. The molecular formula is C31H32N4O4. The zero-order chi connectivity index (χ0) is 27.5. The highest BCUT2D eigenvalue weighted by Gasteiger charge is 2.25. The lowest BCUT2D eigenvalue weighted by atomic mass is 10.1. The van der Waals surface area contributed by atoms with Gasteiger partial charge in [-0.15, -0.1) is 0 Å². The number of nitrogens with one attached hydrogen (secondary N) is 1. The standard InChI is InChI=1S/C31H32N4O4/c1-20(2)17-34(31(37)24-14-15-26-27(16-24)39-19-38-26)18-28(36)32-30-29(23-11-6-5-7-12-23)22(4)33-35(30)25-13-9-8-10-21(25)3/h5-16,20H,17-19H2,1-4H3,(H,32,36). The molecule has 1 aromatic heterocycles. The minimum Gasteiger partial charge on any atom is -0.454 e. The molecule has 200 valence electrons. The number of fused-ring (bicyclic) bond motifs is 1. The van der Waals surface area contributed by atoms with Crippen LogP contribution in [0.25, 0.3) is 16.8 Å². The van der Waals surface area contributed by atoms with E-state index in [1.807, 2.05) is 82.3 Å². The summed E-state index contributed by atoms with van der Waals surface area (Å²) in [5, 5.41) is 7.91. The van der Waals surface area contributed by atoms with E-state index in [-0.39, 0.29) is 31.1 Å². The SMILES string of the molecule is Cc1ccccc1-n1nc(C)c(-c2ccccc2)c1NC(=O)CN(CC(C)C)C(=O)c1ccc2c(c1)OCO2. The largest absolute Gasteiger partial charge is 0.454 e. The topological polar surface area (TPSA) is 85.7 Å². The van der Waals surface area contributed by atoms with Crippen LogP contribution in [-0.2, 0) is 4.79 Å². The second kappa shape index (κ2) is 11.0. The summed E-state index contributed by atoms with van der Waals surface area (Å²) in [6, 6.07) is 22.8. The number of carbonyl (C=O) groups is 2. The van der Waals surface area contributed by atoms with Gasteiger partial charge in [0.2, 0.25) is 12.7 Å². The lowest BCUT2D eigenvalue weighted by Gasteiger charge is -2.24. The maximum Gasteiger partial charge on any atom is 0.254 e. The van der Waals surface area contributed by atoms with Gasteiger partial charge in [-0.05, 0) is 55.2 Å². The van der Waals surface area contributed by atoms with Gasteiger partial charge in [-0.1, -0.05) is 62.4 Å². The Morgan fingerprint density at radius 1 is 0.974 bits per heavy atom. The summed E-state index contributed by atoms with van der Waals surface area (Å²) in [6.07, 6.45) is 0. The fourth-order valence-electron chi connectivity index (χ4n) is 4.79. The molecule has 1 aliphatic heterocycles. The van der Waals surface area contributed by atoms with Gasteiger partial charge in [0.25, 0.3) is 5.91 Å². The highest BCUT2D eigenvalue weighted by Crippen LogP contribution is 2.35. The summed E-state index contributed by atoms with van der Waals surface area (Å²) in [7, 11) is 0. The average molecular weight is 525 g/mol. The number of amides is 2. The first kappa shape index (κ1) is 26.0. The maximum atomic E-state index is 13.6. The molecule has 0 fully saturated rings. The van der Waals surface area contributed by atoms with Gasteiger partial charge < -0.3 is 19.7 Å². The van der Waals surface area contributed by atoms with Gasteiger partial charge in [0.1, 0.15) is 12.4 Å². The molecular weight excluding hydrogens is 492 g/mol. The summed E-state index contributed by atoms with van der Waals surface area (Å²) in [4.78, 5) is 28.7. The van der Waals surface area contributed by atoms with Crippen molar-refractivity contribution >= 4 is 17.6 Å². The number of aryl methyl sites for hydroxylation is 2. The summed E-state index contributed by atoms with van der Waals surface area (Å²) < 4.78 is 12.6. The molecule has 2 heterocycles.